The van der Waals surface area contributed by atoms with Gasteiger partial charge in [-0.1, -0.05) is 38.1 Å². The summed E-state index contributed by atoms with van der Waals surface area (Å²) in [7, 11) is 0. The van der Waals surface area contributed by atoms with Gasteiger partial charge in [0.25, 0.3) is 0 Å². The summed E-state index contributed by atoms with van der Waals surface area (Å²) in [5.74, 6) is 0.628. The van der Waals surface area contributed by atoms with Gasteiger partial charge in [0.15, 0.2) is 6.10 Å². The summed E-state index contributed by atoms with van der Waals surface area (Å²) in [4.78, 5) is 0. The van der Waals surface area contributed by atoms with Crippen LogP contribution in [0.25, 0.3) is 0 Å². The molecule has 0 aromatic heterocycles. The van der Waals surface area contributed by atoms with E-state index >= 15 is 0 Å². The summed E-state index contributed by atoms with van der Waals surface area (Å²) in [6, 6.07) is 10.1. The molecule has 1 aromatic rings. The molecule has 3 nitrogen and oxygen atoms in total. The highest BCUT2D eigenvalue weighted by atomic mass is 16.5. The van der Waals surface area contributed by atoms with Crippen molar-refractivity contribution in [2.24, 2.45) is 5.92 Å². The molecule has 0 aliphatic carbocycles. The molecule has 1 unspecified atom stereocenters. The molecule has 0 radical (unpaired) electrons. The number of nitrogens with zero attached hydrogens (tertiary/aromatic N) is 1. The van der Waals surface area contributed by atoms with Crippen LogP contribution in [0.3, 0.4) is 0 Å². The van der Waals surface area contributed by atoms with Gasteiger partial charge in [-0.15, -0.1) is 0 Å². The molecular formula is C15H21NO2. The summed E-state index contributed by atoms with van der Waals surface area (Å²) in [6.07, 6.45) is 1.07. The van der Waals surface area contributed by atoms with Crippen LogP contribution in [0.5, 0.6) is 0 Å². The van der Waals surface area contributed by atoms with Gasteiger partial charge in [0.1, 0.15) is 0 Å². The molecule has 1 aromatic carbocycles. The number of hydrogen-bond donors (Lipinski definition) is 1. The van der Waals surface area contributed by atoms with E-state index in [1.807, 2.05) is 12.1 Å². The second kappa shape index (κ2) is 7.86. The summed E-state index contributed by atoms with van der Waals surface area (Å²) in [6.45, 7) is 4.86. The standard InChI is InChI=1S/C15H21NO2/c1-12(2)10-13-4-6-14(7-5-13)15(11-16)18-9-3-8-17/h4-7,12,15,17H,3,8-10H2,1-2H3. The Hall–Kier alpha value is -1.37. The van der Waals surface area contributed by atoms with Crippen molar-refractivity contribution in [2.75, 3.05) is 13.2 Å². The maximum atomic E-state index is 9.06. The molecule has 0 aliphatic rings. The van der Waals surface area contributed by atoms with Crippen LogP contribution in [0.4, 0.5) is 0 Å². The monoisotopic (exact) mass is 247 g/mol. The van der Waals surface area contributed by atoms with Crippen molar-refractivity contribution in [3.63, 3.8) is 0 Å². The van der Waals surface area contributed by atoms with Crippen LogP contribution < -0.4 is 0 Å². The lowest BCUT2D eigenvalue weighted by Gasteiger charge is -2.12. The van der Waals surface area contributed by atoms with Gasteiger partial charge in [-0.25, -0.2) is 0 Å². The third kappa shape index (κ3) is 4.87. The third-order valence-electron chi connectivity index (χ3n) is 2.63. The van der Waals surface area contributed by atoms with E-state index in [0.717, 1.165) is 12.0 Å². The van der Waals surface area contributed by atoms with Crippen molar-refractivity contribution in [1.82, 2.24) is 0 Å². The fraction of sp³-hybridized carbons (Fsp3) is 0.533. The van der Waals surface area contributed by atoms with Gasteiger partial charge in [0.05, 0.1) is 12.7 Å². The first-order valence-corrected chi connectivity index (χ1v) is 6.38. The van der Waals surface area contributed by atoms with E-state index in [2.05, 4.69) is 32.0 Å². The zero-order valence-corrected chi connectivity index (χ0v) is 11.1. The lowest BCUT2D eigenvalue weighted by molar-refractivity contribution is 0.0774. The fourth-order valence-corrected chi connectivity index (χ4v) is 1.77. The Bertz CT molecular complexity index is 378. The number of aliphatic hydroxyl groups is 1. The van der Waals surface area contributed by atoms with Crippen LogP contribution in [0.2, 0.25) is 0 Å². The Morgan fingerprint density at radius 3 is 2.44 bits per heavy atom. The predicted molar refractivity (Wildman–Crippen MR) is 71.0 cm³/mol. The third-order valence-corrected chi connectivity index (χ3v) is 2.63. The van der Waals surface area contributed by atoms with Crippen molar-refractivity contribution < 1.29 is 9.84 Å². The minimum absolute atomic E-state index is 0.0888. The van der Waals surface area contributed by atoms with E-state index in [4.69, 9.17) is 15.1 Å². The van der Waals surface area contributed by atoms with Gasteiger partial charge in [0, 0.05) is 6.61 Å². The summed E-state index contributed by atoms with van der Waals surface area (Å²) >= 11 is 0. The van der Waals surface area contributed by atoms with Gasteiger partial charge in [0.2, 0.25) is 0 Å². The van der Waals surface area contributed by atoms with Crippen LogP contribution in [0.15, 0.2) is 24.3 Å². The van der Waals surface area contributed by atoms with Crippen molar-refractivity contribution in [3.8, 4) is 6.07 Å². The summed E-state index contributed by atoms with van der Waals surface area (Å²) in [5, 5.41) is 17.7. The first kappa shape index (κ1) is 14.7. The van der Waals surface area contributed by atoms with Gasteiger partial charge in [-0.05, 0) is 29.9 Å². The molecule has 98 valence electrons. The molecule has 0 heterocycles. The molecule has 0 fully saturated rings. The number of rotatable bonds is 7. The van der Waals surface area contributed by atoms with E-state index < -0.39 is 6.10 Å². The zero-order valence-electron chi connectivity index (χ0n) is 11.1. The Morgan fingerprint density at radius 2 is 1.94 bits per heavy atom. The van der Waals surface area contributed by atoms with Gasteiger partial charge >= 0.3 is 0 Å². The maximum absolute atomic E-state index is 9.06. The first-order valence-electron chi connectivity index (χ1n) is 6.38. The molecule has 0 saturated heterocycles. The number of aliphatic hydroxyl groups excluding tert-OH is 1. The van der Waals surface area contributed by atoms with Crippen LogP contribution in [-0.2, 0) is 11.2 Å². The van der Waals surface area contributed by atoms with Crippen LogP contribution in [0, 0.1) is 17.2 Å². The minimum Gasteiger partial charge on any atom is -0.396 e. The highest BCUT2D eigenvalue weighted by molar-refractivity contribution is 5.27. The first-order chi connectivity index (χ1) is 8.67. The fourth-order valence-electron chi connectivity index (χ4n) is 1.77. The second-order valence-electron chi connectivity index (χ2n) is 4.80. The van der Waals surface area contributed by atoms with E-state index in [-0.39, 0.29) is 6.61 Å². The quantitative estimate of drug-likeness (QED) is 0.754. The Morgan fingerprint density at radius 1 is 1.28 bits per heavy atom. The lowest BCUT2D eigenvalue weighted by atomic mass is 10.0. The number of hydrogen-bond acceptors (Lipinski definition) is 3. The van der Waals surface area contributed by atoms with Crippen molar-refractivity contribution in [2.45, 2.75) is 32.8 Å². The second-order valence-corrected chi connectivity index (χ2v) is 4.80. The summed E-state index contributed by atoms with van der Waals surface area (Å²) < 4.78 is 5.42. The molecule has 0 saturated carbocycles. The Balaban J connectivity index is 2.61. The topological polar surface area (TPSA) is 53.2 Å². The average Bonchev–Trinajstić information content (AvgIpc) is 2.35. The molecule has 1 rings (SSSR count). The highest BCUT2D eigenvalue weighted by Crippen LogP contribution is 2.18. The Kier molecular flexibility index (Phi) is 6.42. The van der Waals surface area contributed by atoms with Gasteiger partial charge in [-0.3, -0.25) is 0 Å². The highest BCUT2D eigenvalue weighted by Gasteiger charge is 2.10. The van der Waals surface area contributed by atoms with Gasteiger partial charge in [-0.2, -0.15) is 5.26 Å². The molecule has 0 spiro atoms. The molecule has 0 aliphatic heterocycles. The molecule has 3 heteroatoms. The number of nitriles is 1. The average molecular weight is 247 g/mol. The molecular weight excluding hydrogens is 226 g/mol. The maximum Gasteiger partial charge on any atom is 0.169 e. The van der Waals surface area contributed by atoms with Gasteiger partial charge < -0.3 is 9.84 Å². The van der Waals surface area contributed by atoms with Crippen molar-refractivity contribution in [1.29, 1.82) is 5.26 Å². The lowest BCUT2D eigenvalue weighted by Crippen LogP contribution is -2.05. The molecule has 1 N–H and O–H groups in total. The van der Waals surface area contributed by atoms with E-state index in [1.54, 1.807) is 0 Å². The van der Waals surface area contributed by atoms with Crippen LogP contribution in [-0.4, -0.2) is 18.3 Å². The molecule has 18 heavy (non-hydrogen) atoms. The molecule has 0 bridgehead atoms. The minimum atomic E-state index is -0.537. The van der Waals surface area contributed by atoms with E-state index in [1.165, 1.54) is 5.56 Å². The van der Waals surface area contributed by atoms with Crippen molar-refractivity contribution in [3.05, 3.63) is 35.4 Å². The Labute approximate surface area is 109 Å². The molecule has 0 amide bonds. The normalized spacial score (nSPS) is 12.4. The van der Waals surface area contributed by atoms with E-state index in [9.17, 15) is 0 Å². The van der Waals surface area contributed by atoms with Crippen LogP contribution in [0.1, 0.15) is 37.5 Å². The summed E-state index contributed by atoms with van der Waals surface area (Å²) in [5.41, 5.74) is 2.16. The van der Waals surface area contributed by atoms with Crippen LogP contribution >= 0.6 is 0 Å². The van der Waals surface area contributed by atoms with E-state index in [0.29, 0.717) is 18.9 Å². The van der Waals surface area contributed by atoms with Crippen molar-refractivity contribution >= 4 is 0 Å². The molecule has 1 atom stereocenters. The smallest absolute Gasteiger partial charge is 0.169 e. The number of benzene rings is 1. The predicted octanol–water partition coefficient (Wildman–Crippen LogP) is 2.85. The SMILES string of the molecule is CC(C)Cc1ccc(C(C#N)OCCCO)cc1. The zero-order chi connectivity index (χ0) is 13.4. The largest absolute Gasteiger partial charge is 0.396 e. The number of ether oxygens (including phenoxy) is 1.